The third-order valence-electron chi connectivity index (χ3n) is 3.00. The zero-order valence-corrected chi connectivity index (χ0v) is 12.5. The number of hydrogen-bond donors (Lipinski definition) is 2. The SMILES string of the molecule is CSc1ccc(CCNC(=O)CCCCCN)cc1. The highest BCUT2D eigenvalue weighted by molar-refractivity contribution is 7.98. The molecule has 0 saturated carbocycles. The van der Waals surface area contributed by atoms with Crippen molar-refractivity contribution in [3.63, 3.8) is 0 Å². The Bertz CT molecular complexity index is 365. The predicted molar refractivity (Wildman–Crippen MR) is 82.5 cm³/mol. The molecule has 1 amide bonds. The molecule has 0 aliphatic carbocycles. The van der Waals surface area contributed by atoms with Gasteiger partial charge in [-0.25, -0.2) is 0 Å². The van der Waals surface area contributed by atoms with E-state index in [1.165, 1.54) is 10.5 Å². The summed E-state index contributed by atoms with van der Waals surface area (Å²) in [7, 11) is 0. The highest BCUT2D eigenvalue weighted by Crippen LogP contribution is 2.14. The van der Waals surface area contributed by atoms with Crippen molar-refractivity contribution >= 4 is 17.7 Å². The summed E-state index contributed by atoms with van der Waals surface area (Å²) in [6.45, 7) is 1.43. The number of nitrogens with one attached hydrogen (secondary N) is 1. The maximum atomic E-state index is 11.6. The fourth-order valence-electron chi connectivity index (χ4n) is 1.83. The number of hydrogen-bond acceptors (Lipinski definition) is 3. The zero-order valence-electron chi connectivity index (χ0n) is 11.7. The van der Waals surface area contributed by atoms with E-state index in [1.807, 2.05) is 0 Å². The third kappa shape index (κ3) is 7.23. The van der Waals surface area contributed by atoms with E-state index in [1.54, 1.807) is 11.8 Å². The van der Waals surface area contributed by atoms with Gasteiger partial charge in [-0.2, -0.15) is 0 Å². The molecule has 0 heterocycles. The van der Waals surface area contributed by atoms with E-state index in [0.717, 1.165) is 25.7 Å². The molecular formula is C15H24N2OS. The van der Waals surface area contributed by atoms with Crippen LogP contribution in [0.1, 0.15) is 31.2 Å². The summed E-state index contributed by atoms with van der Waals surface area (Å²) >= 11 is 1.74. The van der Waals surface area contributed by atoms with Crippen molar-refractivity contribution in [2.45, 2.75) is 37.0 Å². The van der Waals surface area contributed by atoms with Crippen molar-refractivity contribution in [2.75, 3.05) is 19.3 Å². The smallest absolute Gasteiger partial charge is 0.220 e. The van der Waals surface area contributed by atoms with Gasteiger partial charge in [-0.1, -0.05) is 18.6 Å². The predicted octanol–water partition coefficient (Wildman–Crippen LogP) is 2.59. The molecule has 0 aliphatic rings. The van der Waals surface area contributed by atoms with Crippen LogP contribution in [0.15, 0.2) is 29.2 Å². The molecular weight excluding hydrogens is 256 g/mol. The molecule has 0 fully saturated rings. The molecule has 0 saturated heterocycles. The van der Waals surface area contributed by atoms with Crippen LogP contribution in [0.5, 0.6) is 0 Å². The summed E-state index contributed by atoms with van der Waals surface area (Å²) in [5, 5.41) is 2.96. The van der Waals surface area contributed by atoms with Gasteiger partial charge in [0.2, 0.25) is 5.91 Å². The molecule has 0 radical (unpaired) electrons. The van der Waals surface area contributed by atoms with E-state index >= 15 is 0 Å². The van der Waals surface area contributed by atoms with Gasteiger partial charge < -0.3 is 11.1 Å². The summed E-state index contributed by atoms with van der Waals surface area (Å²) in [6.07, 6.45) is 6.56. The van der Waals surface area contributed by atoms with E-state index in [9.17, 15) is 4.79 Å². The van der Waals surface area contributed by atoms with Crippen molar-refractivity contribution in [1.82, 2.24) is 5.32 Å². The van der Waals surface area contributed by atoms with Crippen LogP contribution in [-0.2, 0) is 11.2 Å². The van der Waals surface area contributed by atoms with Crippen LogP contribution in [0.4, 0.5) is 0 Å². The Hall–Kier alpha value is -1.00. The van der Waals surface area contributed by atoms with Crippen LogP contribution >= 0.6 is 11.8 Å². The van der Waals surface area contributed by atoms with Gasteiger partial charge in [-0.05, 0) is 49.8 Å². The van der Waals surface area contributed by atoms with Crippen LogP contribution in [0.25, 0.3) is 0 Å². The van der Waals surface area contributed by atoms with Crippen LogP contribution in [0, 0.1) is 0 Å². The summed E-state index contributed by atoms with van der Waals surface area (Å²) < 4.78 is 0. The highest BCUT2D eigenvalue weighted by Gasteiger charge is 2.00. The molecule has 1 aromatic carbocycles. The van der Waals surface area contributed by atoms with Crippen molar-refractivity contribution in [1.29, 1.82) is 0 Å². The monoisotopic (exact) mass is 280 g/mol. The maximum Gasteiger partial charge on any atom is 0.220 e. The average molecular weight is 280 g/mol. The third-order valence-corrected chi connectivity index (χ3v) is 3.75. The minimum absolute atomic E-state index is 0.151. The molecule has 3 nitrogen and oxygen atoms in total. The second kappa shape index (κ2) is 9.87. The fraction of sp³-hybridized carbons (Fsp3) is 0.533. The quantitative estimate of drug-likeness (QED) is 0.540. The van der Waals surface area contributed by atoms with Crippen molar-refractivity contribution < 1.29 is 4.79 Å². The summed E-state index contributed by atoms with van der Waals surface area (Å²) in [5.74, 6) is 0.151. The van der Waals surface area contributed by atoms with Crippen molar-refractivity contribution in [2.24, 2.45) is 5.73 Å². The summed E-state index contributed by atoms with van der Waals surface area (Å²) in [5.41, 5.74) is 6.67. The first kappa shape index (κ1) is 16.1. The summed E-state index contributed by atoms with van der Waals surface area (Å²) in [4.78, 5) is 12.8. The molecule has 0 unspecified atom stereocenters. The van der Waals surface area contributed by atoms with Gasteiger partial charge in [0.25, 0.3) is 0 Å². The Labute approximate surface area is 120 Å². The maximum absolute atomic E-state index is 11.6. The van der Waals surface area contributed by atoms with Crippen molar-refractivity contribution in [3.05, 3.63) is 29.8 Å². The lowest BCUT2D eigenvalue weighted by Crippen LogP contribution is -2.25. The molecule has 0 aromatic heterocycles. The lowest BCUT2D eigenvalue weighted by Gasteiger charge is -2.06. The first-order chi connectivity index (χ1) is 9.26. The van der Waals surface area contributed by atoms with Crippen molar-refractivity contribution in [3.8, 4) is 0 Å². The number of unbranched alkanes of at least 4 members (excludes halogenated alkanes) is 2. The fourth-order valence-corrected chi connectivity index (χ4v) is 2.24. The van der Waals surface area contributed by atoms with E-state index in [-0.39, 0.29) is 5.91 Å². The number of amides is 1. The van der Waals surface area contributed by atoms with Gasteiger partial charge >= 0.3 is 0 Å². The average Bonchev–Trinajstić information content (AvgIpc) is 2.44. The minimum atomic E-state index is 0.151. The van der Waals surface area contributed by atoms with Gasteiger partial charge in [-0.15, -0.1) is 11.8 Å². The molecule has 106 valence electrons. The van der Waals surface area contributed by atoms with Gasteiger partial charge in [0, 0.05) is 17.9 Å². The molecule has 19 heavy (non-hydrogen) atoms. The Balaban J connectivity index is 2.13. The van der Waals surface area contributed by atoms with E-state index in [4.69, 9.17) is 5.73 Å². The molecule has 1 rings (SSSR count). The second-order valence-corrected chi connectivity index (χ2v) is 5.43. The van der Waals surface area contributed by atoms with Gasteiger partial charge in [0.15, 0.2) is 0 Å². The number of carbonyl (C=O) groups excluding carboxylic acids is 1. The molecule has 4 heteroatoms. The standard InChI is InChI=1S/C15H24N2OS/c1-19-14-8-6-13(7-9-14)10-12-17-15(18)5-3-2-4-11-16/h6-9H,2-5,10-12,16H2,1H3,(H,17,18). The first-order valence-electron chi connectivity index (χ1n) is 6.86. The Morgan fingerprint density at radius 3 is 2.58 bits per heavy atom. The second-order valence-electron chi connectivity index (χ2n) is 4.55. The zero-order chi connectivity index (χ0) is 13.9. The summed E-state index contributed by atoms with van der Waals surface area (Å²) in [6, 6.07) is 8.49. The molecule has 1 aromatic rings. The lowest BCUT2D eigenvalue weighted by atomic mass is 10.1. The van der Waals surface area contributed by atoms with Crippen LogP contribution in [0.3, 0.4) is 0 Å². The Morgan fingerprint density at radius 1 is 1.21 bits per heavy atom. The van der Waals surface area contributed by atoms with Crippen LogP contribution in [-0.4, -0.2) is 25.3 Å². The normalized spacial score (nSPS) is 10.4. The Morgan fingerprint density at radius 2 is 1.95 bits per heavy atom. The molecule has 0 spiro atoms. The lowest BCUT2D eigenvalue weighted by molar-refractivity contribution is -0.121. The molecule has 0 aliphatic heterocycles. The highest BCUT2D eigenvalue weighted by atomic mass is 32.2. The first-order valence-corrected chi connectivity index (χ1v) is 8.08. The minimum Gasteiger partial charge on any atom is -0.356 e. The largest absolute Gasteiger partial charge is 0.356 e. The van der Waals surface area contributed by atoms with Gasteiger partial charge in [0.05, 0.1) is 0 Å². The number of nitrogens with two attached hydrogens (primary N) is 1. The number of benzene rings is 1. The number of thioether (sulfide) groups is 1. The topological polar surface area (TPSA) is 55.1 Å². The number of carbonyl (C=O) groups is 1. The van der Waals surface area contributed by atoms with E-state index in [2.05, 4.69) is 35.8 Å². The van der Waals surface area contributed by atoms with Gasteiger partial charge in [0.1, 0.15) is 0 Å². The Kier molecular flexibility index (Phi) is 8.34. The molecule has 3 N–H and O–H groups in total. The van der Waals surface area contributed by atoms with Gasteiger partial charge in [-0.3, -0.25) is 4.79 Å². The van der Waals surface area contributed by atoms with Crippen LogP contribution in [0.2, 0.25) is 0 Å². The van der Waals surface area contributed by atoms with E-state index < -0.39 is 0 Å². The van der Waals surface area contributed by atoms with Crippen LogP contribution < -0.4 is 11.1 Å². The number of rotatable bonds is 9. The molecule has 0 atom stereocenters. The van der Waals surface area contributed by atoms with E-state index in [0.29, 0.717) is 19.5 Å². The molecule has 0 bridgehead atoms.